The molecule has 23 nitrogen and oxygen atoms in total. The Morgan fingerprint density at radius 2 is 0.951 bits per heavy atom. The van der Waals surface area contributed by atoms with Crippen LogP contribution >= 0.6 is 0 Å². The third kappa shape index (κ3) is 44.2. The lowest BCUT2D eigenvalue weighted by Crippen LogP contribution is -2.44. The first kappa shape index (κ1) is 74.6. The van der Waals surface area contributed by atoms with Crippen molar-refractivity contribution in [2.75, 3.05) is 84.8 Å². The first-order valence-corrected chi connectivity index (χ1v) is 30.9. The number of alkyl carbamates (subject to hydrolysis) is 1. The average molecular weight is 1190 g/mol. The van der Waals surface area contributed by atoms with Crippen molar-refractivity contribution >= 4 is 57.5 Å². The molecule has 1 aromatic carbocycles. The Hall–Kier alpha value is -5.43. The van der Waals surface area contributed by atoms with Crippen LogP contribution in [0.1, 0.15) is 176 Å². The van der Waals surface area contributed by atoms with Crippen LogP contribution in [0, 0.1) is 0 Å². The number of hydrogen-bond acceptors (Lipinski definition) is 17. The van der Waals surface area contributed by atoms with Gasteiger partial charge >= 0.3 is 24.0 Å². The van der Waals surface area contributed by atoms with Gasteiger partial charge in [-0.05, 0) is 92.2 Å². The quantitative estimate of drug-likeness (QED) is 0.0233. The van der Waals surface area contributed by atoms with E-state index in [0.29, 0.717) is 25.7 Å². The van der Waals surface area contributed by atoms with Gasteiger partial charge in [0.25, 0.3) is 0 Å². The van der Waals surface area contributed by atoms with E-state index in [2.05, 4.69) is 26.6 Å². The van der Waals surface area contributed by atoms with Crippen molar-refractivity contribution in [3.8, 4) is 0 Å². The molecule has 0 spiro atoms. The van der Waals surface area contributed by atoms with Gasteiger partial charge in [-0.3, -0.25) is 24.0 Å². The van der Waals surface area contributed by atoms with Crippen LogP contribution in [0.3, 0.4) is 0 Å². The number of benzene rings is 1. The third-order valence-electron chi connectivity index (χ3n) is 12.0. The van der Waals surface area contributed by atoms with Crippen LogP contribution < -0.4 is 26.6 Å². The number of carboxylic acid groups (broad SMARTS) is 1. The standard InChI is InChI=1S/C58H99N5O18S/c1-57(2,3)80-53(68)30-23-18-16-14-12-10-8-7-9-11-13-15-17-22-29-50(65)62-48(55(71)81-58(4,5)6)31-32-49(64)60-34-36-75-38-41-78-45-52(67)61-35-37-76-39-40-77-44-51(66)59-33-25-24-28-47(54(69)70)63-56(72)79-42-43-82(73,74)46-26-20-19-21-27-46/h19-21,26-27,47-48H,7-18,22-25,28-45H2,1-6H3,(H,59,66)(H,60,64)(H,61,67)(H,62,65)(H,63,72)(H,69,70)/t47-,48-/m0/s1. The first-order valence-electron chi connectivity index (χ1n) is 29.3. The third-order valence-corrected chi connectivity index (χ3v) is 13.7. The van der Waals surface area contributed by atoms with Crippen molar-refractivity contribution in [1.29, 1.82) is 0 Å². The van der Waals surface area contributed by atoms with Crippen LogP contribution in [0.25, 0.3) is 0 Å². The maximum absolute atomic E-state index is 13.0. The SMILES string of the molecule is CC(C)(C)OC(=O)CCCCCCCCCCCCCCCCC(=O)N[C@@H](CCC(=O)NCCOCCOCC(=O)NCCOCCOCC(=O)NCCCC[C@H](NC(=O)OCCS(=O)(=O)c1ccccc1)C(=O)O)C(=O)OC(C)(C)C. The number of esters is 2. The zero-order valence-corrected chi connectivity index (χ0v) is 50.7. The van der Waals surface area contributed by atoms with Gasteiger partial charge in [0, 0.05) is 38.9 Å². The molecule has 0 fully saturated rings. The largest absolute Gasteiger partial charge is 0.480 e. The van der Waals surface area contributed by atoms with Crippen LogP contribution in [0.15, 0.2) is 35.2 Å². The molecule has 2 atom stereocenters. The molecule has 5 amide bonds. The number of carbonyl (C=O) groups is 8. The van der Waals surface area contributed by atoms with Crippen molar-refractivity contribution in [3.63, 3.8) is 0 Å². The van der Waals surface area contributed by atoms with E-state index in [9.17, 15) is 51.9 Å². The van der Waals surface area contributed by atoms with E-state index >= 15 is 0 Å². The number of carbonyl (C=O) groups excluding carboxylic acids is 7. The smallest absolute Gasteiger partial charge is 0.407 e. The maximum atomic E-state index is 13.0. The number of rotatable bonds is 49. The number of unbranched alkanes of at least 4 members (excludes halogenated alkanes) is 14. The zero-order valence-electron chi connectivity index (χ0n) is 49.9. The summed E-state index contributed by atoms with van der Waals surface area (Å²) in [6.07, 6.45) is 16.1. The minimum Gasteiger partial charge on any atom is -0.480 e. The lowest BCUT2D eigenvalue weighted by atomic mass is 10.0. The predicted molar refractivity (Wildman–Crippen MR) is 307 cm³/mol. The Balaban J connectivity index is 2.06. The van der Waals surface area contributed by atoms with Gasteiger partial charge in [-0.15, -0.1) is 0 Å². The maximum Gasteiger partial charge on any atom is 0.407 e. The summed E-state index contributed by atoms with van der Waals surface area (Å²) in [5.74, 6) is -3.75. The van der Waals surface area contributed by atoms with E-state index in [1.165, 1.54) is 57.1 Å². The highest BCUT2D eigenvalue weighted by Gasteiger charge is 2.27. The van der Waals surface area contributed by atoms with E-state index in [4.69, 9.17) is 33.2 Å². The van der Waals surface area contributed by atoms with Crippen molar-refractivity contribution < 1.29 is 85.0 Å². The molecule has 470 valence electrons. The molecule has 1 rings (SSSR count). The van der Waals surface area contributed by atoms with Crippen molar-refractivity contribution in [2.24, 2.45) is 0 Å². The second kappa shape index (κ2) is 45.1. The first-order chi connectivity index (χ1) is 39.0. The molecule has 0 bridgehead atoms. The Bertz CT molecular complexity index is 2080. The second-order valence-electron chi connectivity index (χ2n) is 21.9. The van der Waals surface area contributed by atoms with Gasteiger partial charge in [0.2, 0.25) is 23.6 Å². The topological polar surface area (TPSA) is 316 Å². The lowest BCUT2D eigenvalue weighted by Gasteiger charge is -2.24. The predicted octanol–water partition coefficient (Wildman–Crippen LogP) is 6.42. The molecule has 0 heterocycles. The fourth-order valence-corrected chi connectivity index (χ4v) is 8.96. The molecular formula is C58H99N5O18S. The lowest BCUT2D eigenvalue weighted by molar-refractivity contribution is -0.159. The minimum atomic E-state index is -3.67. The molecule has 24 heteroatoms. The normalized spacial score (nSPS) is 12.4. The fourth-order valence-electron chi connectivity index (χ4n) is 7.85. The molecule has 0 saturated heterocycles. The molecule has 0 aromatic heterocycles. The molecule has 0 unspecified atom stereocenters. The van der Waals surface area contributed by atoms with Gasteiger partial charge in [0.1, 0.15) is 43.1 Å². The van der Waals surface area contributed by atoms with E-state index in [-0.39, 0.29) is 133 Å². The summed E-state index contributed by atoms with van der Waals surface area (Å²) in [4.78, 5) is 98.1. The van der Waals surface area contributed by atoms with E-state index < -0.39 is 63.5 Å². The highest BCUT2D eigenvalue weighted by molar-refractivity contribution is 7.91. The Labute approximate surface area is 487 Å². The molecule has 6 N–H and O–H groups in total. The summed E-state index contributed by atoms with van der Waals surface area (Å²) in [5.41, 5.74) is -1.18. The monoisotopic (exact) mass is 1190 g/mol. The zero-order chi connectivity index (χ0) is 60.9. The highest BCUT2D eigenvalue weighted by Crippen LogP contribution is 2.17. The van der Waals surface area contributed by atoms with E-state index in [0.717, 1.165) is 38.5 Å². The number of carboxylic acids is 1. The molecule has 0 aliphatic heterocycles. The number of ether oxygens (including phenoxy) is 7. The van der Waals surface area contributed by atoms with Crippen molar-refractivity contribution in [1.82, 2.24) is 26.6 Å². The Kier molecular flexibility index (Phi) is 41.0. The van der Waals surface area contributed by atoms with Gasteiger partial charge in [0.15, 0.2) is 9.84 Å². The second-order valence-corrected chi connectivity index (χ2v) is 24.0. The summed E-state index contributed by atoms with van der Waals surface area (Å²) >= 11 is 0. The number of nitrogens with one attached hydrogen (secondary N) is 5. The van der Waals surface area contributed by atoms with Gasteiger partial charge < -0.3 is 64.8 Å². The van der Waals surface area contributed by atoms with Crippen LogP contribution in [0.2, 0.25) is 0 Å². The molecule has 1 aromatic rings. The molecule has 0 aliphatic rings. The summed E-state index contributed by atoms with van der Waals surface area (Å²) in [7, 11) is -3.67. The van der Waals surface area contributed by atoms with Crippen molar-refractivity contribution in [2.45, 2.75) is 205 Å². The Morgan fingerprint density at radius 3 is 1.46 bits per heavy atom. The number of hydrogen-bond donors (Lipinski definition) is 6. The van der Waals surface area contributed by atoms with Crippen LogP contribution in [-0.4, -0.2) is 169 Å². The van der Waals surface area contributed by atoms with Gasteiger partial charge in [-0.2, -0.15) is 0 Å². The van der Waals surface area contributed by atoms with E-state index in [1.807, 2.05) is 20.8 Å². The number of amides is 5. The average Bonchev–Trinajstić information content (AvgIpc) is 3.42. The molecule has 0 saturated carbocycles. The van der Waals surface area contributed by atoms with Crippen LogP contribution in [0.5, 0.6) is 0 Å². The molecule has 82 heavy (non-hydrogen) atoms. The van der Waals surface area contributed by atoms with Crippen molar-refractivity contribution in [3.05, 3.63) is 30.3 Å². The summed E-state index contributed by atoms with van der Waals surface area (Å²) in [6, 6.07) is 5.43. The summed E-state index contributed by atoms with van der Waals surface area (Å²) in [5, 5.41) is 22.5. The number of aliphatic carboxylic acids is 1. The minimum absolute atomic E-state index is 0.00986. The number of sulfone groups is 1. The molecular weight excluding hydrogens is 1090 g/mol. The summed E-state index contributed by atoms with van der Waals surface area (Å²) < 4.78 is 61.9. The fraction of sp³-hybridized carbons (Fsp3) is 0.759. The van der Waals surface area contributed by atoms with Gasteiger partial charge in [-0.25, -0.2) is 22.8 Å². The Morgan fingerprint density at radius 1 is 0.476 bits per heavy atom. The van der Waals surface area contributed by atoms with Crippen LogP contribution in [-0.2, 0) is 76.6 Å². The van der Waals surface area contributed by atoms with Gasteiger partial charge in [-0.1, -0.05) is 95.2 Å². The summed E-state index contributed by atoms with van der Waals surface area (Å²) in [6.45, 7) is 11.7. The van der Waals surface area contributed by atoms with Gasteiger partial charge in [0.05, 0.1) is 50.3 Å². The van der Waals surface area contributed by atoms with E-state index in [1.54, 1.807) is 39.0 Å². The molecule has 0 aliphatic carbocycles. The highest BCUT2D eigenvalue weighted by atomic mass is 32.2. The molecule has 0 radical (unpaired) electrons. The van der Waals surface area contributed by atoms with Crippen LogP contribution in [0.4, 0.5) is 4.79 Å².